The summed E-state index contributed by atoms with van der Waals surface area (Å²) in [5.41, 5.74) is 0.878. The van der Waals surface area contributed by atoms with Crippen LogP contribution in [0.4, 0.5) is 0 Å². The van der Waals surface area contributed by atoms with E-state index >= 15 is 0 Å². The SMILES string of the molecule is CC(C)(C)S(=O)CC(C1CC1)N1C(=O)C(CC(=O)O)OCC1c1ccc(Cl)cc1.Clc1ccccc1Cl. The van der Waals surface area contributed by atoms with Gasteiger partial charge in [0.15, 0.2) is 0 Å². The third-order valence-corrected chi connectivity index (χ3v) is 9.31. The summed E-state index contributed by atoms with van der Waals surface area (Å²) in [6.07, 6.45) is 0.573. The van der Waals surface area contributed by atoms with Gasteiger partial charge in [-0.15, -0.1) is 0 Å². The van der Waals surface area contributed by atoms with Crippen LogP contribution in [0.15, 0.2) is 48.5 Å². The van der Waals surface area contributed by atoms with Crippen LogP contribution < -0.4 is 0 Å². The molecule has 1 saturated heterocycles. The van der Waals surface area contributed by atoms with Crippen LogP contribution in [0, 0.1) is 5.92 Å². The van der Waals surface area contributed by atoms with Crippen molar-refractivity contribution in [2.45, 2.75) is 63.0 Å². The first-order valence-electron chi connectivity index (χ1n) is 12.1. The number of carboxylic acid groups (broad SMARTS) is 1. The normalized spacial score (nSPS) is 21.6. The van der Waals surface area contributed by atoms with E-state index in [2.05, 4.69) is 0 Å². The number of hydrogen-bond acceptors (Lipinski definition) is 4. The average Bonchev–Trinajstić information content (AvgIpc) is 3.66. The zero-order valence-electron chi connectivity index (χ0n) is 21.0. The van der Waals surface area contributed by atoms with Gasteiger partial charge < -0.3 is 14.7 Å². The fraction of sp³-hybridized carbons (Fsp3) is 0.481. The molecule has 2 aromatic carbocycles. The molecule has 6 nitrogen and oxygen atoms in total. The van der Waals surface area contributed by atoms with Gasteiger partial charge in [0.1, 0.15) is 6.10 Å². The number of hydrogen-bond donors (Lipinski definition) is 1. The summed E-state index contributed by atoms with van der Waals surface area (Å²) in [7, 11) is -1.13. The largest absolute Gasteiger partial charge is 0.481 e. The lowest BCUT2D eigenvalue weighted by atomic mass is 9.98. The fourth-order valence-electron chi connectivity index (χ4n) is 4.09. The number of rotatable bonds is 7. The molecule has 1 N–H and O–H groups in total. The first-order chi connectivity index (χ1) is 17.4. The van der Waals surface area contributed by atoms with Crippen molar-refractivity contribution in [1.29, 1.82) is 0 Å². The Morgan fingerprint density at radius 3 is 2.11 bits per heavy atom. The van der Waals surface area contributed by atoms with Gasteiger partial charge >= 0.3 is 5.97 Å². The maximum absolute atomic E-state index is 13.3. The Bertz CT molecular complexity index is 1100. The van der Waals surface area contributed by atoms with Crippen LogP contribution in [-0.2, 0) is 25.1 Å². The van der Waals surface area contributed by atoms with E-state index in [1.807, 2.05) is 45.0 Å². The number of nitrogens with zero attached hydrogens (tertiary/aromatic N) is 1. The van der Waals surface area contributed by atoms with Gasteiger partial charge in [-0.25, -0.2) is 0 Å². The van der Waals surface area contributed by atoms with E-state index in [0.717, 1.165) is 18.4 Å². The molecule has 2 aliphatic rings. The molecule has 1 heterocycles. The maximum Gasteiger partial charge on any atom is 0.306 e. The molecule has 2 aromatic rings. The topological polar surface area (TPSA) is 83.9 Å². The summed E-state index contributed by atoms with van der Waals surface area (Å²) in [4.78, 5) is 26.3. The average molecular weight is 589 g/mol. The summed E-state index contributed by atoms with van der Waals surface area (Å²) < 4.78 is 18.2. The first-order valence-corrected chi connectivity index (χ1v) is 14.5. The van der Waals surface area contributed by atoms with Crippen molar-refractivity contribution in [1.82, 2.24) is 4.90 Å². The number of carboxylic acids is 1. The van der Waals surface area contributed by atoms with Crippen LogP contribution in [0.5, 0.6) is 0 Å². The van der Waals surface area contributed by atoms with Gasteiger partial charge in [0.05, 0.1) is 29.1 Å². The highest BCUT2D eigenvalue weighted by atomic mass is 35.5. The van der Waals surface area contributed by atoms with E-state index in [1.165, 1.54) is 0 Å². The fourth-order valence-corrected chi connectivity index (χ4v) is 5.73. The highest BCUT2D eigenvalue weighted by Gasteiger charge is 2.47. The Morgan fingerprint density at radius 2 is 1.65 bits per heavy atom. The number of amides is 1. The summed E-state index contributed by atoms with van der Waals surface area (Å²) >= 11 is 17.2. The minimum absolute atomic E-state index is 0.205. The van der Waals surface area contributed by atoms with Gasteiger partial charge in [0.25, 0.3) is 5.91 Å². The number of morpholine rings is 1. The van der Waals surface area contributed by atoms with Gasteiger partial charge in [-0.3, -0.25) is 13.8 Å². The zero-order valence-corrected chi connectivity index (χ0v) is 24.1. The predicted octanol–water partition coefficient (Wildman–Crippen LogP) is 6.40. The summed E-state index contributed by atoms with van der Waals surface area (Å²) in [6, 6.07) is 13.9. The Kier molecular flexibility index (Phi) is 10.5. The molecule has 1 aliphatic carbocycles. The Balaban J connectivity index is 0.000000405. The lowest BCUT2D eigenvalue weighted by molar-refractivity contribution is -0.169. The quantitative estimate of drug-likeness (QED) is 0.405. The molecular formula is C27H32Cl3NO5S. The van der Waals surface area contributed by atoms with E-state index < -0.39 is 27.6 Å². The van der Waals surface area contributed by atoms with E-state index in [9.17, 15) is 18.9 Å². The second-order valence-corrected chi connectivity index (χ2v) is 13.7. The van der Waals surface area contributed by atoms with Gasteiger partial charge in [0.2, 0.25) is 0 Å². The molecule has 1 amide bonds. The first kappa shape index (κ1) is 29.9. The van der Waals surface area contributed by atoms with Crippen LogP contribution >= 0.6 is 34.8 Å². The smallest absolute Gasteiger partial charge is 0.306 e. The van der Waals surface area contributed by atoms with Crippen LogP contribution in [0.1, 0.15) is 51.6 Å². The van der Waals surface area contributed by atoms with Crippen molar-refractivity contribution < 1.29 is 23.6 Å². The van der Waals surface area contributed by atoms with Crippen molar-refractivity contribution in [3.8, 4) is 0 Å². The maximum atomic E-state index is 13.3. The molecule has 0 aromatic heterocycles. The molecule has 37 heavy (non-hydrogen) atoms. The number of carbonyl (C=O) groups is 2. The van der Waals surface area contributed by atoms with E-state index in [4.69, 9.17) is 39.5 Å². The predicted molar refractivity (Wildman–Crippen MR) is 149 cm³/mol. The minimum atomic E-state index is -1.13. The Labute approximate surface area is 235 Å². The van der Waals surface area contributed by atoms with Gasteiger partial charge in [-0.05, 0) is 69.4 Å². The summed E-state index contributed by atoms with van der Waals surface area (Å²) in [5.74, 6) is -0.747. The second kappa shape index (κ2) is 12.9. The number of ether oxygens (including phenoxy) is 1. The molecule has 1 saturated carbocycles. The molecule has 0 bridgehead atoms. The van der Waals surface area contributed by atoms with E-state index in [0.29, 0.717) is 20.8 Å². The van der Waals surface area contributed by atoms with Gasteiger partial charge in [0, 0.05) is 32.4 Å². The van der Waals surface area contributed by atoms with Crippen molar-refractivity contribution >= 4 is 57.5 Å². The van der Waals surface area contributed by atoms with Crippen molar-refractivity contribution in [3.05, 3.63) is 69.2 Å². The monoisotopic (exact) mass is 587 g/mol. The van der Waals surface area contributed by atoms with Crippen LogP contribution in [0.2, 0.25) is 15.1 Å². The number of benzene rings is 2. The van der Waals surface area contributed by atoms with Crippen molar-refractivity contribution in [3.63, 3.8) is 0 Å². The second-order valence-electron chi connectivity index (χ2n) is 10.2. The van der Waals surface area contributed by atoms with E-state index in [1.54, 1.807) is 29.2 Å². The standard InChI is InChI=1S/C21H28ClNO5S.C6H4Cl2/c1-21(2,3)29(27)12-17(14-4-5-14)23-16(13-6-8-15(22)9-7-13)11-28-18(20(23)26)10-19(24)25;7-5-3-1-2-4-6(5)8/h6-9,14,16-18H,4-5,10-12H2,1-3H3,(H,24,25);1-4H. The van der Waals surface area contributed by atoms with E-state index in [-0.39, 0.29) is 36.9 Å². The molecule has 202 valence electrons. The van der Waals surface area contributed by atoms with Crippen LogP contribution in [0.3, 0.4) is 0 Å². The Hall–Kier alpha value is -1.64. The lowest BCUT2D eigenvalue weighted by Crippen LogP contribution is -2.56. The Morgan fingerprint density at radius 1 is 1.08 bits per heavy atom. The molecule has 10 heteroatoms. The highest BCUT2D eigenvalue weighted by molar-refractivity contribution is 7.86. The summed E-state index contributed by atoms with van der Waals surface area (Å²) in [6.45, 7) is 5.99. The number of halogens is 3. The number of carbonyl (C=O) groups excluding carboxylic acids is 1. The molecule has 4 unspecified atom stereocenters. The van der Waals surface area contributed by atoms with Crippen LogP contribution in [0.25, 0.3) is 0 Å². The number of aliphatic carboxylic acids is 1. The third-order valence-electron chi connectivity index (χ3n) is 6.29. The molecule has 4 atom stereocenters. The molecular weight excluding hydrogens is 557 g/mol. The molecule has 2 fully saturated rings. The van der Waals surface area contributed by atoms with Gasteiger partial charge in [-0.2, -0.15) is 0 Å². The minimum Gasteiger partial charge on any atom is -0.481 e. The molecule has 1 aliphatic heterocycles. The molecule has 0 radical (unpaired) electrons. The summed E-state index contributed by atoms with van der Waals surface area (Å²) in [5, 5.41) is 11.0. The third kappa shape index (κ3) is 8.42. The molecule has 4 rings (SSSR count). The molecule has 0 spiro atoms. The highest BCUT2D eigenvalue weighted by Crippen LogP contribution is 2.42. The van der Waals surface area contributed by atoms with Gasteiger partial charge in [-0.1, -0.05) is 59.1 Å². The van der Waals surface area contributed by atoms with Crippen molar-refractivity contribution in [2.24, 2.45) is 5.92 Å². The zero-order chi connectivity index (χ0) is 27.3. The van der Waals surface area contributed by atoms with Crippen molar-refractivity contribution in [2.75, 3.05) is 12.4 Å². The van der Waals surface area contributed by atoms with Crippen LogP contribution in [-0.4, -0.2) is 55.3 Å². The lowest BCUT2D eigenvalue weighted by Gasteiger charge is -2.44.